The summed E-state index contributed by atoms with van der Waals surface area (Å²) >= 11 is 0. The number of hydrogen-bond acceptors (Lipinski definition) is 5. The van der Waals surface area contributed by atoms with E-state index in [1.807, 2.05) is 93.4 Å². The first kappa shape index (κ1) is 26.9. The monoisotopic (exact) mass is 530 g/mol. The van der Waals surface area contributed by atoms with E-state index in [2.05, 4.69) is 10.3 Å². The number of hydrogen-bond donors (Lipinski definition) is 2. The number of H-pyrrole nitrogens is 1. The van der Waals surface area contributed by atoms with Gasteiger partial charge in [-0.1, -0.05) is 55.5 Å². The molecule has 2 aliphatic heterocycles. The van der Waals surface area contributed by atoms with Crippen molar-refractivity contribution in [3.05, 3.63) is 71.9 Å². The van der Waals surface area contributed by atoms with E-state index in [1.54, 1.807) is 0 Å². The summed E-state index contributed by atoms with van der Waals surface area (Å²) in [6.07, 6.45) is 3.92. The number of imide groups is 1. The average molecular weight is 531 g/mol. The molecule has 8 nitrogen and oxygen atoms in total. The predicted molar refractivity (Wildman–Crippen MR) is 150 cm³/mol. The lowest BCUT2D eigenvalue weighted by atomic mass is 9.83. The van der Waals surface area contributed by atoms with Gasteiger partial charge in [0.05, 0.1) is 18.5 Å². The number of para-hydroxylation sites is 1. The Morgan fingerprint density at radius 1 is 1.10 bits per heavy atom. The van der Waals surface area contributed by atoms with Crippen molar-refractivity contribution >= 4 is 28.8 Å². The number of amides is 3. The highest BCUT2D eigenvalue weighted by molar-refractivity contribution is 5.98. The first-order chi connectivity index (χ1) is 18.6. The van der Waals surface area contributed by atoms with Crippen molar-refractivity contribution in [1.29, 1.82) is 0 Å². The van der Waals surface area contributed by atoms with Crippen LogP contribution >= 0.6 is 0 Å². The second kappa shape index (κ2) is 10.8. The van der Waals surface area contributed by atoms with Crippen molar-refractivity contribution in [3.8, 4) is 0 Å². The molecule has 2 saturated heterocycles. The van der Waals surface area contributed by atoms with E-state index in [0.29, 0.717) is 13.0 Å². The number of aromatic amines is 1. The van der Waals surface area contributed by atoms with E-state index in [4.69, 9.17) is 4.74 Å². The first-order valence-corrected chi connectivity index (χ1v) is 13.8. The van der Waals surface area contributed by atoms with Gasteiger partial charge < -0.3 is 14.6 Å². The number of carbonyl (C=O) groups is 3. The number of carbonyl (C=O) groups excluding carboxylic acids is 3. The zero-order valence-electron chi connectivity index (χ0n) is 23.1. The van der Waals surface area contributed by atoms with Crippen molar-refractivity contribution in [2.75, 3.05) is 6.54 Å². The average Bonchev–Trinajstić information content (AvgIpc) is 3.32. The lowest BCUT2D eigenvalue weighted by molar-refractivity contribution is -0.158. The Hall–Kier alpha value is -3.65. The SMILES string of the molecule is C[C@H]1C(=O)N(Cc2ccccc2)C(=O)N2CCC[C@H](N[C@H](Cc3c[nH]c4ccccc34)C(=O)OC(C)(C)C)C12. The fourth-order valence-corrected chi connectivity index (χ4v) is 5.96. The Bertz CT molecular complexity index is 1350. The predicted octanol–water partition coefficient (Wildman–Crippen LogP) is 4.64. The number of nitrogens with zero attached hydrogens (tertiary/aromatic N) is 2. The van der Waals surface area contributed by atoms with Crippen LogP contribution in [0.15, 0.2) is 60.8 Å². The number of piperidine rings is 1. The number of aromatic nitrogens is 1. The van der Waals surface area contributed by atoms with E-state index >= 15 is 0 Å². The van der Waals surface area contributed by atoms with Gasteiger partial charge >= 0.3 is 12.0 Å². The van der Waals surface area contributed by atoms with Crippen molar-refractivity contribution in [2.45, 2.75) is 77.2 Å². The van der Waals surface area contributed by atoms with Crippen LogP contribution in [0.3, 0.4) is 0 Å². The van der Waals surface area contributed by atoms with Crippen LogP contribution in [0.1, 0.15) is 51.7 Å². The van der Waals surface area contributed by atoms with E-state index < -0.39 is 17.6 Å². The van der Waals surface area contributed by atoms with Gasteiger partial charge in [-0.3, -0.25) is 19.8 Å². The maximum atomic E-state index is 13.6. The summed E-state index contributed by atoms with van der Waals surface area (Å²) in [4.78, 5) is 47.0. The smallest absolute Gasteiger partial charge is 0.327 e. The molecule has 1 unspecified atom stereocenters. The Kier molecular flexibility index (Phi) is 7.49. The summed E-state index contributed by atoms with van der Waals surface area (Å²) in [5.74, 6) is -0.919. The van der Waals surface area contributed by atoms with E-state index in [0.717, 1.165) is 34.9 Å². The molecule has 8 heteroatoms. The minimum Gasteiger partial charge on any atom is -0.459 e. The zero-order chi connectivity index (χ0) is 27.7. The second-order valence-electron chi connectivity index (χ2n) is 11.7. The molecule has 3 heterocycles. The van der Waals surface area contributed by atoms with Gasteiger partial charge in [-0.2, -0.15) is 0 Å². The number of esters is 1. The Morgan fingerprint density at radius 2 is 1.82 bits per heavy atom. The molecule has 0 bridgehead atoms. The number of fused-ring (bicyclic) bond motifs is 2. The molecule has 0 spiro atoms. The Balaban J connectivity index is 1.39. The number of nitrogens with one attached hydrogen (secondary N) is 2. The molecule has 5 rings (SSSR count). The number of benzene rings is 2. The third-order valence-corrected chi connectivity index (χ3v) is 7.72. The van der Waals surface area contributed by atoms with Gasteiger partial charge in [-0.25, -0.2) is 4.79 Å². The molecule has 3 aromatic rings. The highest BCUT2D eigenvalue weighted by atomic mass is 16.6. The highest BCUT2D eigenvalue weighted by Crippen LogP contribution is 2.32. The Labute approximate surface area is 229 Å². The molecule has 206 valence electrons. The third-order valence-electron chi connectivity index (χ3n) is 7.72. The van der Waals surface area contributed by atoms with Crippen LogP contribution in [0.25, 0.3) is 10.9 Å². The van der Waals surface area contributed by atoms with Crippen LogP contribution in [0.2, 0.25) is 0 Å². The van der Waals surface area contributed by atoms with Crippen LogP contribution in [-0.4, -0.2) is 63.0 Å². The lowest BCUT2D eigenvalue weighted by Gasteiger charge is -2.50. The molecule has 4 atom stereocenters. The molecule has 1 aromatic heterocycles. The summed E-state index contributed by atoms with van der Waals surface area (Å²) in [6.45, 7) is 8.32. The zero-order valence-corrected chi connectivity index (χ0v) is 23.1. The van der Waals surface area contributed by atoms with Gasteiger partial charge in [0, 0.05) is 36.1 Å². The molecule has 2 aliphatic rings. The molecule has 39 heavy (non-hydrogen) atoms. The van der Waals surface area contributed by atoms with Crippen LogP contribution in [-0.2, 0) is 27.3 Å². The second-order valence-corrected chi connectivity index (χ2v) is 11.7. The summed E-state index contributed by atoms with van der Waals surface area (Å²) in [5.41, 5.74) is 2.30. The topological polar surface area (TPSA) is 94.7 Å². The minimum atomic E-state index is -0.641. The molecular weight excluding hydrogens is 492 g/mol. The van der Waals surface area contributed by atoms with Crippen molar-refractivity contribution in [2.24, 2.45) is 5.92 Å². The van der Waals surface area contributed by atoms with Crippen LogP contribution < -0.4 is 5.32 Å². The standard InChI is InChI=1S/C31H38N4O4/c1-20-27-25(15-10-16-34(27)30(38)35(28(20)36)19-21-11-6-5-7-12-21)33-26(29(37)39-31(2,3)4)17-22-18-32-24-14-9-8-13-23(22)24/h5-9,11-14,18,20,25-27,32-33H,10,15-17,19H2,1-4H3/t20-,25+,26-,27?/m1/s1. The fourth-order valence-electron chi connectivity index (χ4n) is 5.96. The Morgan fingerprint density at radius 3 is 2.56 bits per heavy atom. The van der Waals surface area contributed by atoms with Gasteiger partial charge in [0.1, 0.15) is 11.6 Å². The van der Waals surface area contributed by atoms with Crippen molar-refractivity contribution in [1.82, 2.24) is 20.1 Å². The number of rotatable bonds is 7. The molecular formula is C31H38N4O4. The van der Waals surface area contributed by atoms with Gasteiger partial charge in [-0.05, 0) is 50.8 Å². The molecule has 2 fully saturated rings. The van der Waals surface area contributed by atoms with E-state index in [1.165, 1.54) is 4.90 Å². The highest BCUT2D eigenvalue weighted by Gasteiger charge is 2.49. The first-order valence-electron chi connectivity index (χ1n) is 13.8. The summed E-state index contributed by atoms with van der Waals surface area (Å²) in [5, 5.41) is 4.62. The molecule has 0 aliphatic carbocycles. The maximum absolute atomic E-state index is 13.6. The molecule has 2 N–H and O–H groups in total. The summed E-state index contributed by atoms with van der Waals surface area (Å²) < 4.78 is 5.82. The molecule has 0 saturated carbocycles. The van der Waals surface area contributed by atoms with Crippen molar-refractivity contribution in [3.63, 3.8) is 0 Å². The third kappa shape index (κ3) is 5.71. The minimum absolute atomic E-state index is 0.177. The fraction of sp³-hybridized carbons (Fsp3) is 0.452. The lowest BCUT2D eigenvalue weighted by Crippen LogP contribution is -2.69. The van der Waals surface area contributed by atoms with Gasteiger partial charge in [-0.15, -0.1) is 0 Å². The quantitative estimate of drug-likeness (QED) is 0.434. The van der Waals surface area contributed by atoms with Crippen molar-refractivity contribution < 1.29 is 19.1 Å². The van der Waals surface area contributed by atoms with Crippen LogP contribution in [0.4, 0.5) is 4.79 Å². The van der Waals surface area contributed by atoms with Crippen LogP contribution in [0, 0.1) is 5.92 Å². The normalized spacial score (nSPS) is 22.6. The molecule has 0 radical (unpaired) electrons. The maximum Gasteiger partial charge on any atom is 0.327 e. The van der Waals surface area contributed by atoms with E-state index in [-0.39, 0.29) is 36.5 Å². The van der Waals surface area contributed by atoms with Gasteiger partial charge in [0.25, 0.3) is 0 Å². The van der Waals surface area contributed by atoms with Gasteiger partial charge in [0.15, 0.2) is 0 Å². The van der Waals surface area contributed by atoms with E-state index in [9.17, 15) is 14.4 Å². The molecule has 2 aromatic carbocycles. The van der Waals surface area contributed by atoms with Crippen LogP contribution in [0.5, 0.6) is 0 Å². The summed E-state index contributed by atoms with van der Waals surface area (Å²) in [6, 6.07) is 16.1. The number of urea groups is 1. The number of ether oxygens (including phenoxy) is 1. The van der Waals surface area contributed by atoms with Gasteiger partial charge in [0.2, 0.25) is 5.91 Å². The summed E-state index contributed by atoms with van der Waals surface area (Å²) in [7, 11) is 0. The largest absolute Gasteiger partial charge is 0.459 e. The molecule has 3 amide bonds.